The van der Waals surface area contributed by atoms with Crippen LogP contribution < -0.4 is 5.32 Å². The molecule has 1 aromatic heterocycles. The van der Waals surface area contributed by atoms with Crippen molar-refractivity contribution in [3.8, 4) is 0 Å². The summed E-state index contributed by atoms with van der Waals surface area (Å²) in [7, 11) is 0. The minimum absolute atomic E-state index is 0.311. The molecule has 0 spiro atoms. The molecule has 2 heterocycles. The van der Waals surface area contributed by atoms with Crippen LogP contribution in [-0.2, 0) is 11.2 Å². The summed E-state index contributed by atoms with van der Waals surface area (Å²) in [5.41, 5.74) is 3.29. The van der Waals surface area contributed by atoms with Crippen LogP contribution in [0.15, 0.2) is 24.3 Å². The highest BCUT2D eigenvalue weighted by atomic mass is 16.5. The maximum atomic E-state index is 10.4. The molecule has 1 aliphatic heterocycles. The average molecular weight is 286 g/mol. The molecule has 0 bridgehead atoms. The van der Waals surface area contributed by atoms with Crippen molar-refractivity contribution in [3.63, 3.8) is 0 Å². The Labute approximate surface area is 124 Å². The van der Waals surface area contributed by atoms with E-state index in [4.69, 9.17) is 4.74 Å². The molecular weight excluding hydrogens is 264 g/mol. The average Bonchev–Trinajstić information content (AvgIpc) is 3.10. The van der Waals surface area contributed by atoms with Crippen LogP contribution in [0.4, 0.5) is 0 Å². The maximum absolute atomic E-state index is 10.4. The van der Waals surface area contributed by atoms with Gasteiger partial charge in [-0.2, -0.15) is 0 Å². The number of para-hydroxylation sites is 1. The zero-order valence-electron chi connectivity index (χ0n) is 12.2. The highest BCUT2D eigenvalue weighted by Crippen LogP contribution is 2.35. The molecular formula is C17H22N2O2. The number of aromatic amines is 1. The number of benzene rings is 1. The maximum Gasteiger partial charge on any atom is 0.103 e. The number of hydrogen-bond acceptors (Lipinski definition) is 3. The normalized spacial score (nSPS) is 28.9. The largest absolute Gasteiger partial charge is 0.386 e. The van der Waals surface area contributed by atoms with Crippen molar-refractivity contribution in [2.45, 2.75) is 37.3 Å². The minimum atomic E-state index is -0.691. The molecule has 4 rings (SSSR count). The molecule has 2 aromatic rings. The third-order valence-corrected chi connectivity index (χ3v) is 4.87. The van der Waals surface area contributed by atoms with Gasteiger partial charge in [0.25, 0.3) is 0 Å². The van der Waals surface area contributed by atoms with Crippen molar-refractivity contribution in [2.75, 3.05) is 19.8 Å². The van der Waals surface area contributed by atoms with Crippen LogP contribution in [0.5, 0.6) is 0 Å². The van der Waals surface area contributed by atoms with Gasteiger partial charge in [0.1, 0.15) is 5.60 Å². The predicted molar refractivity (Wildman–Crippen MR) is 82.4 cm³/mol. The first kappa shape index (κ1) is 13.3. The molecule has 0 saturated carbocycles. The molecule has 2 unspecified atom stereocenters. The Bertz CT molecular complexity index is 643. The fourth-order valence-corrected chi connectivity index (χ4v) is 3.67. The zero-order chi connectivity index (χ0) is 14.3. The van der Waals surface area contributed by atoms with Crippen LogP contribution in [0, 0.1) is 0 Å². The van der Waals surface area contributed by atoms with Crippen molar-refractivity contribution in [2.24, 2.45) is 0 Å². The molecule has 4 heteroatoms. The number of aliphatic hydroxyl groups is 1. The van der Waals surface area contributed by atoms with Gasteiger partial charge in [0, 0.05) is 42.2 Å². The Morgan fingerprint density at radius 1 is 1.38 bits per heavy atom. The number of hydrogen-bond donors (Lipinski definition) is 3. The Kier molecular flexibility index (Phi) is 3.25. The van der Waals surface area contributed by atoms with Crippen LogP contribution in [0.25, 0.3) is 10.9 Å². The van der Waals surface area contributed by atoms with E-state index in [9.17, 15) is 5.11 Å². The monoisotopic (exact) mass is 286 g/mol. The molecule has 1 fully saturated rings. The number of aryl methyl sites for hydroxylation is 1. The van der Waals surface area contributed by atoms with E-state index in [2.05, 4.69) is 34.6 Å². The summed E-state index contributed by atoms with van der Waals surface area (Å²) in [6.07, 6.45) is 4.19. The predicted octanol–water partition coefficient (Wildman–Crippen LogP) is 2.29. The topological polar surface area (TPSA) is 57.3 Å². The van der Waals surface area contributed by atoms with E-state index in [0.717, 1.165) is 19.3 Å². The van der Waals surface area contributed by atoms with E-state index in [-0.39, 0.29) is 0 Å². The van der Waals surface area contributed by atoms with Crippen LogP contribution in [0.2, 0.25) is 0 Å². The van der Waals surface area contributed by atoms with Crippen LogP contribution in [-0.4, -0.2) is 35.5 Å². The molecule has 1 aliphatic carbocycles. The standard InChI is InChI=1S/C17H22N2O2/c20-17(8-9-21-11-17)10-18-15-7-3-5-13-12-4-1-2-6-14(12)19-16(13)15/h1-2,4,6,15,18-20H,3,5,7-11H2. The molecule has 21 heavy (non-hydrogen) atoms. The first-order chi connectivity index (χ1) is 10.3. The SMILES string of the molecule is OC1(CNC2CCCc3c2[nH]c2ccccc32)CCOC1. The molecule has 4 nitrogen and oxygen atoms in total. The van der Waals surface area contributed by atoms with Crippen LogP contribution in [0.1, 0.15) is 36.6 Å². The van der Waals surface area contributed by atoms with Crippen molar-refractivity contribution >= 4 is 10.9 Å². The van der Waals surface area contributed by atoms with Gasteiger partial charge in [0.2, 0.25) is 0 Å². The summed E-state index contributed by atoms with van der Waals surface area (Å²) in [5.74, 6) is 0. The zero-order valence-corrected chi connectivity index (χ0v) is 12.2. The van der Waals surface area contributed by atoms with Crippen LogP contribution >= 0.6 is 0 Å². The van der Waals surface area contributed by atoms with Crippen molar-refractivity contribution in [1.82, 2.24) is 10.3 Å². The number of fused-ring (bicyclic) bond motifs is 3. The highest BCUT2D eigenvalue weighted by Gasteiger charge is 2.33. The molecule has 3 N–H and O–H groups in total. The minimum Gasteiger partial charge on any atom is -0.386 e. The van der Waals surface area contributed by atoms with E-state index in [1.54, 1.807) is 0 Å². The third kappa shape index (κ3) is 2.37. The third-order valence-electron chi connectivity index (χ3n) is 4.87. The fourth-order valence-electron chi connectivity index (χ4n) is 3.67. The van der Waals surface area contributed by atoms with Gasteiger partial charge in [0.15, 0.2) is 0 Å². The van der Waals surface area contributed by atoms with Gasteiger partial charge in [-0.1, -0.05) is 18.2 Å². The lowest BCUT2D eigenvalue weighted by atomic mass is 9.91. The molecule has 0 amide bonds. The highest BCUT2D eigenvalue weighted by molar-refractivity contribution is 5.85. The summed E-state index contributed by atoms with van der Waals surface area (Å²) < 4.78 is 5.32. The Balaban J connectivity index is 1.58. The molecule has 2 aliphatic rings. The lowest BCUT2D eigenvalue weighted by molar-refractivity contribution is 0.0242. The van der Waals surface area contributed by atoms with E-state index >= 15 is 0 Å². The lowest BCUT2D eigenvalue weighted by Gasteiger charge is -2.28. The first-order valence-electron chi connectivity index (χ1n) is 7.88. The van der Waals surface area contributed by atoms with Crippen molar-refractivity contribution in [1.29, 1.82) is 0 Å². The van der Waals surface area contributed by atoms with Gasteiger partial charge >= 0.3 is 0 Å². The summed E-state index contributed by atoms with van der Waals surface area (Å²) >= 11 is 0. The Morgan fingerprint density at radius 3 is 3.14 bits per heavy atom. The summed E-state index contributed by atoms with van der Waals surface area (Å²) in [6.45, 7) is 1.72. The molecule has 1 aromatic carbocycles. The second-order valence-corrected chi connectivity index (χ2v) is 6.42. The number of H-pyrrole nitrogens is 1. The number of rotatable bonds is 3. The summed E-state index contributed by atoms with van der Waals surface area (Å²) in [4.78, 5) is 3.58. The molecule has 112 valence electrons. The fraction of sp³-hybridized carbons (Fsp3) is 0.529. The Morgan fingerprint density at radius 2 is 2.29 bits per heavy atom. The Hall–Kier alpha value is -1.36. The molecule has 2 atom stereocenters. The number of aromatic nitrogens is 1. The van der Waals surface area contributed by atoms with Gasteiger partial charge < -0.3 is 20.1 Å². The van der Waals surface area contributed by atoms with Crippen molar-refractivity contribution in [3.05, 3.63) is 35.5 Å². The van der Waals surface area contributed by atoms with Gasteiger partial charge in [-0.3, -0.25) is 0 Å². The molecule has 1 saturated heterocycles. The van der Waals surface area contributed by atoms with E-state index < -0.39 is 5.60 Å². The number of nitrogens with one attached hydrogen (secondary N) is 2. The van der Waals surface area contributed by atoms with Crippen molar-refractivity contribution < 1.29 is 9.84 Å². The van der Waals surface area contributed by atoms with E-state index in [1.165, 1.54) is 28.6 Å². The van der Waals surface area contributed by atoms with Gasteiger partial charge in [-0.15, -0.1) is 0 Å². The van der Waals surface area contributed by atoms with E-state index in [0.29, 0.717) is 25.8 Å². The van der Waals surface area contributed by atoms with Gasteiger partial charge in [-0.05, 0) is 30.9 Å². The second kappa shape index (κ2) is 5.13. The smallest absolute Gasteiger partial charge is 0.103 e. The van der Waals surface area contributed by atoms with E-state index in [1.807, 2.05) is 0 Å². The first-order valence-corrected chi connectivity index (χ1v) is 7.88. The summed E-state index contributed by atoms with van der Waals surface area (Å²) in [6, 6.07) is 8.83. The summed E-state index contributed by atoms with van der Waals surface area (Å²) in [5, 5.41) is 15.3. The number of ether oxygens (including phenoxy) is 1. The lowest BCUT2D eigenvalue weighted by Crippen LogP contribution is -2.43. The quantitative estimate of drug-likeness (QED) is 0.811. The van der Waals surface area contributed by atoms with Crippen LogP contribution in [0.3, 0.4) is 0 Å². The van der Waals surface area contributed by atoms with Gasteiger partial charge in [-0.25, -0.2) is 0 Å². The molecule has 0 radical (unpaired) electrons. The second-order valence-electron chi connectivity index (χ2n) is 6.42. The van der Waals surface area contributed by atoms with Gasteiger partial charge in [0.05, 0.1) is 6.61 Å².